The van der Waals surface area contributed by atoms with Gasteiger partial charge in [0.15, 0.2) is 5.96 Å². The van der Waals surface area contributed by atoms with Gasteiger partial charge in [-0.2, -0.15) is 0 Å². The molecule has 1 unspecified atom stereocenters. The second kappa shape index (κ2) is 6.17. The molecule has 1 aliphatic carbocycles. The Bertz CT molecular complexity index is 494. The Morgan fingerprint density at radius 1 is 1.20 bits per heavy atom. The molecule has 3 nitrogen and oxygen atoms in total. The van der Waals surface area contributed by atoms with E-state index in [1.165, 1.54) is 38.5 Å². The fourth-order valence-corrected chi connectivity index (χ4v) is 3.97. The maximum atomic E-state index is 6.13. The number of hydrogen-bond acceptors (Lipinski definition) is 3. The molecule has 3 rings (SSSR count). The van der Waals surface area contributed by atoms with E-state index in [1.807, 2.05) is 6.07 Å². The Morgan fingerprint density at radius 3 is 2.70 bits per heavy atom. The van der Waals surface area contributed by atoms with Crippen LogP contribution in [0.1, 0.15) is 38.5 Å². The summed E-state index contributed by atoms with van der Waals surface area (Å²) in [6.45, 7) is 0.837. The second-order valence-corrected chi connectivity index (χ2v) is 6.77. The van der Waals surface area contributed by atoms with Gasteiger partial charge in [-0.3, -0.25) is 4.99 Å². The van der Waals surface area contributed by atoms with Crippen LogP contribution in [0.2, 0.25) is 0 Å². The lowest BCUT2D eigenvalue weighted by molar-refractivity contribution is 0.322. The van der Waals surface area contributed by atoms with Crippen molar-refractivity contribution < 1.29 is 0 Å². The zero-order valence-corrected chi connectivity index (χ0v) is 13.3. The van der Waals surface area contributed by atoms with E-state index in [0.717, 1.165) is 22.6 Å². The molecule has 0 amide bonds. The van der Waals surface area contributed by atoms with Crippen molar-refractivity contribution in [1.82, 2.24) is 0 Å². The Kier molecular flexibility index (Phi) is 4.29. The standard InChI is InChI=1S/C16H22BrN3/c17-14-8-4-5-9-15(14)20-13(11-19-16(20)18)10-12-6-2-1-3-7-12/h4-5,8-9,12-13H,1-3,6-7,10-11H2,(H2,18,19). The number of nitrogens with two attached hydrogens (primary N) is 1. The monoisotopic (exact) mass is 335 g/mol. The van der Waals surface area contributed by atoms with Crippen molar-refractivity contribution in [1.29, 1.82) is 0 Å². The van der Waals surface area contributed by atoms with E-state index in [0.29, 0.717) is 12.0 Å². The van der Waals surface area contributed by atoms with Crippen LogP contribution in [-0.4, -0.2) is 18.5 Å². The van der Waals surface area contributed by atoms with Gasteiger partial charge < -0.3 is 10.6 Å². The van der Waals surface area contributed by atoms with Crippen LogP contribution in [0.5, 0.6) is 0 Å². The summed E-state index contributed by atoms with van der Waals surface area (Å²) in [5.41, 5.74) is 7.28. The highest BCUT2D eigenvalue weighted by atomic mass is 79.9. The van der Waals surface area contributed by atoms with Crippen molar-refractivity contribution in [2.24, 2.45) is 16.6 Å². The zero-order valence-electron chi connectivity index (χ0n) is 11.8. The van der Waals surface area contributed by atoms with Gasteiger partial charge in [-0.25, -0.2) is 0 Å². The first-order chi connectivity index (χ1) is 9.75. The predicted molar refractivity (Wildman–Crippen MR) is 88.1 cm³/mol. The van der Waals surface area contributed by atoms with Crippen LogP contribution in [0.15, 0.2) is 33.7 Å². The van der Waals surface area contributed by atoms with Gasteiger partial charge in [0.05, 0.1) is 18.3 Å². The smallest absolute Gasteiger partial charge is 0.196 e. The third-order valence-electron chi connectivity index (χ3n) is 4.52. The van der Waals surface area contributed by atoms with E-state index >= 15 is 0 Å². The van der Waals surface area contributed by atoms with Crippen molar-refractivity contribution in [2.45, 2.75) is 44.6 Å². The van der Waals surface area contributed by atoms with E-state index in [-0.39, 0.29) is 0 Å². The number of guanidine groups is 1. The maximum absolute atomic E-state index is 6.13. The average Bonchev–Trinajstić information content (AvgIpc) is 2.82. The number of anilines is 1. The SMILES string of the molecule is NC1=NCC(CC2CCCCC2)N1c1ccccc1Br. The topological polar surface area (TPSA) is 41.6 Å². The van der Waals surface area contributed by atoms with Crippen molar-refractivity contribution in [2.75, 3.05) is 11.4 Å². The Labute approximate surface area is 129 Å². The molecule has 1 saturated carbocycles. The van der Waals surface area contributed by atoms with Gasteiger partial charge in [0.2, 0.25) is 0 Å². The molecule has 1 atom stereocenters. The molecular formula is C16H22BrN3. The van der Waals surface area contributed by atoms with Crippen molar-refractivity contribution in [3.8, 4) is 0 Å². The largest absolute Gasteiger partial charge is 0.370 e. The molecule has 108 valence electrons. The fourth-order valence-electron chi connectivity index (χ4n) is 3.50. The lowest BCUT2D eigenvalue weighted by atomic mass is 9.84. The van der Waals surface area contributed by atoms with E-state index in [4.69, 9.17) is 5.73 Å². The summed E-state index contributed by atoms with van der Waals surface area (Å²) in [6.07, 6.45) is 8.16. The third kappa shape index (κ3) is 2.85. The fraction of sp³-hybridized carbons (Fsp3) is 0.562. The molecule has 4 heteroatoms. The van der Waals surface area contributed by atoms with Gasteiger partial charge in [0.25, 0.3) is 0 Å². The summed E-state index contributed by atoms with van der Waals surface area (Å²) in [6, 6.07) is 8.71. The van der Waals surface area contributed by atoms with Crippen LogP contribution in [0.3, 0.4) is 0 Å². The van der Waals surface area contributed by atoms with Crippen LogP contribution in [0.4, 0.5) is 5.69 Å². The first kappa shape index (κ1) is 13.9. The van der Waals surface area contributed by atoms with Gasteiger partial charge in [-0.05, 0) is 40.4 Å². The summed E-state index contributed by atoms with van der Waals surface area (Å²) in [4.78, 5) is 6.70. The molecule has 1 aromatic carbocycles. The molecule has 1 heterocycles. The number of hydrogen-bond donors (Lipinski definition) is 1. The summed E-state index contributed by atoms with van der Waals surface area (Å²) < 4.78 is 1.09. The lowest BCUT2D eigenvalue weighted by Gasteiger charge is -2.31. The molecule has 0 radical (unpaired) electrons. The molecule has 1 aliphatic heterocycles. The average molecular weight is 336 g/mol. The van der Waals surface area contributed by atoms with Crippen molar-refractivity contribution >= 4 is 27.6 Å². The summed E-state index contributed by atoms with van der Waals surface area (Å²) in [5.74, 6) is 1.51. The van der Waals surface area contributed by atoms with Crippen LogP contribution >= 0.6 is 15.9 Å². The number of nitrogens with zero attached hydrogens (tertiary/aromatic N) is 2. The minimum atomic E-state index is 0.428. The van der Waals surface area contributed by atoms with Gasteiger partial charge in [0, 0.05) is 4.47 Å². The van der Waals surface area contributed by atoms with Gasteiger partial charge in [-0.15, -0.1) is 0 Å². The van der Waals surface area contributed by atoms with Crippen LogP contribution < -0.4 is 10.6 Å². The molecule has 2 N–H and O–H groups in total. The normalized spacial score (nSPS) is 23.9. The summed E-state index contributed by atoms with van der Waals surface area (Å²) >= 11 is 3.63. The Hall–Kier alpha value is -1.03. The third-order valence-corrected chi connectivity index (χ3v) is 5.19. The molecule has 20 heavy (non-hydrogen) atoms. The van der Waals surface area contributed by atoms with Crippen molar-refractivity contribution in [3.05, 3.63) is 28.7 Å². The van der Waals surface area contributed by atoms with E-state index in [2.05, 4.69) is 44.0 Å². The second-order valence-electron chi connectivity index (χ2n) is 5.91. The highest BCUT2D eigenvalue weighted by Crippen LogP contribution is 2.34. The summed E-state index contributed by atoms with van der Waals surface area (Å²) in [7, 11) is 0. The summed E-state index contributed by atoms with van der Waals surface area (Å²) in [5, 5.41) is 0. The molecule has 1 fully saturated rings. The van der Waals surface area contributed by atoms with E-state index in [1.54, 1.807) is 0 Å². The minimum absolute atomic E-state index is 0.428. The van der Waals surface area contributed by atoms with Crippen LogP contribution in [0.25, 0.3) is 0 Å². The molecule has 0 aromatic heterocycles. The molecular weight excluding hydrogens is 314 g/mol. The van der Waals surface area contributed by atoms with Gasteiger partial charge in [0.1, 0.15) is 0 Å². The van der Waals surface area contributed by atoms with Gasteiger partial charge >= 0.3 is 0 Å². The molecule has 1 aromatic rings. The van der Waals surface area contributed by atoms with E-state index < -0.39 is 0 Å². The van der Waals surface area contributed by atoms with E-state index in [9.17, 15) is 0 Å². The van der Waals surface area contributed by atoms with Crippen molar-refractivity contribution in [3.63, 3.8) is 0 Å². The molecule has 0 bridgehead atoms. The molecule has 0 spiro atoms. The number of halogens is 1. The quantitative estimate of drug-likeness (QED) is 0.909. The first-order valence-electron chi connectivity index (χ1n) is 7.59. The van der Waals surface area contributed by atoms with Gasteiger partial charge in [-0.1, -0.05) is 44.2 Å². The first-order valence-corrected chi connectivity index (χ1v) is 8.38. The number of rotatable bonds is 3. The molecule has 2 aliphatic rings. The number of benzene rings is 1. The Morgan fingerprint density at radius 2 is 1.95 bits per heavy atom. The lowest BCUT2D eigenvalue weighted by Crippen LogP contribution is -2.42. The predicted octanol–water partition coefficient (Wildman–Crippen LogP) is 3.92. The molecule has 0 saturated heterocycles. The van der Waals surface area contributed by atoms with Crippen LogP contribution in [0, 0.1) is 5.92 Å². The van der Waals surface area contributed by atoms with Crippen LogP contribution in [-0.2, 0) is 0 Å². The maximum Gasteiger partial charge on any atom is 0.196 e. The highest BCUT2D eigenvalue weighted by Gasteiger charge is 2.31. The minimum Gasteiger partial charge on any atom is -0.370 e. The number of aliphatic imine (C=N–C) groups is 1. The number of para-hydroxylation sites is 1. The zero-order chi connectivity index (χ0) is 13.9. The Balaban J connectivity index is 1.76. The highest BCUT2D eigenvalue weighted by molar-refractivity contribution is 9.10.